The maximum atomic E-state index is 12.1. The zero-order valence-electron chi connectivity index (χ0n) is 15.1. The SMILES string of the molecule is Cl.N=C(NCCOc1ccc(CS)c(CS)c1)NC(=O)c1nc(Cl)c(N)nc1N. The van der Waals surface area contributed by atoms with Crippen LogP contribution in [0.5, 0.6) is 5.75 Å². The number of halogens is 2. The van der Waals surface area contributed by atoms with E-state index in [1.807, 2.05) is 18.2 Å². The number of guanidine groups is 1. The molecule has 1 aromatic carbocycles. The number of anilines is 2. The smallest absolute Gasteiger partial charge is 0.280 e. The number of nitrogens with one attached hydrogen (secondary N) is 3. The molecule has 158 valence electrons. The summed E-state index contributed by atoms with van der Waals surface area (Å²) >= 11 is 14.3. The van der Waals surface area contributed by atoms with Gasteiger partial charge in [-0.05, 0) is 23.3 Å². The number of hydrogen-bond acceptors (Lipinski definition) is 9. The first-order valence-corrected chi connectivity index (χ1v) is 9.68. The van der Waals surface area contributed by atoms with Crippen molar-refractivity contribution < 1.29 is 9.53 Å². The van der Waals surface area contributed by atoms with Crippen LogP contribution in [0.3, 0.4) is 0 Å². The van der Waals surface area contributed by atoms with E-state index in [1.165, 1.54) is 0 Å². The van der Waals surface area contributed by atoms with Gasteiger partial charge in [-0.1, -0.05) is 17.7 Å². The summed E-state index contributed by atoms with van der Waals surface area (Å²) in [7, 11) is 0. The van der Waals surface area contributed by atoms with Gasteiger partial charge in [0.2, 0.25) is 0 Å². The molecule has 1 amide bonds. The maximum Gasteiger partial charge on any atom is 0.280 e. The van der Waals surface area contributed by atoms with Gasteiger partial charge < -0.3 is 21.5 Å². The van der Waals surface area contributed by atoms with Gasteiger partial charge >= 0.3 is 0 Å². The highest BCUT2D eigenvalue weighted by Gasteiger charge is 2.17. The van der Waals surface area contributed by atoms with E-state index in [0.717, 1.165) is 11.1 Å². The minimum Gasteiger partial charge on any atom is -0.492 e. The first kappa shape index (κ1) is 25.0. The minimum atomic E-state index is -0.730. The van der Waals surface area contributed by atoms with Gasteiger partial charge in [-0.15, -0.1) is 12.4 Å². The Hall–Kier alpha value is -2.08. The Morgan fingerprint density at radius 1 is 1.17 bits per heavy atom. The molecule has 0 radical (unpaired) electrons. The summed E-state index contributed by atoms with van der Waals surface area (Å²) in [6, 6.07) is 5.68. The van der Waals surface area contributed by atoms with Crippen molar-refractivity contribution in [1.82, 2.24) is 20.6 Å². The Morgan fingerprint density at radius 2 is 1.86 bits per heavy atom. The van der Waals surface area contributed by atoms with Crippen LogP contribution >= 0.6 is 49.3 Å². The first-order valence-electron chi connectivity index (χ1n) is 8.04. The van der Waals surface area contributed by atoms with Crippen LogP contribution in [0.15, 0.2) is 18.2 Å². The predicted octanol–water partition coefficient (Wildman–Crippen LogP) is 1.91. The number of ether oxygens (including phenoxy) is 1. The monoisotopic (exact) mass is 477 g/mol. The molecule has 0 fully saturated rings. The van der Waals surface area contributed by atoms with Crippen molar-refractivity contribution in [2.24, 2.45) is 0 Å². The molecule has 0 spiro atoms. The van der Waals surface area contributed by atoms with Gasteiger partial charge in [-0.2, -0.15) is 25.3 Å². The molecule has 0 saturated carbocycles. The molecule has 2 aromatic rings. The molecule has 9 nitrogen and oxygen atoms in total. The normalized spacial score (nSPS) is 10.0. The molecule has 2 rings (SSSR count). The second kappa shape index (κ2) is 11.8. The van der Waals surface area contributed by atoms with Gasteiger partial charge in [0.1, 0.15) is 12.4 Å². The molecule has 0 unspecified atom stereocenters. The van der Waals surface area contributed by atoms with Gasteiger partial charge in [0.05, 0.1) is 6.54 Å². The summed E-state index contributed by atoms with van der Waals surface area (Å²) in [6.45, 7) is 0.563. The van der Waals surface area contributed by atoms with Crippen molar-refractivity contribution in [3.05, 3.63) is 40.2 Å². The van der Waals surface area contributed by atoms with Crippen LogP contribution in [0.25, 0.3) is 0 Å². The lowest BCUT2D eigenvalue weighted by atomic mass is 10.1. The highest BCUT2D eigenvalue weighted by atomic mass is 35.5. The van der Waals surface area contributed by atoms with Gasteiger partial charge in [0.15, 0.2) is 28.4 Å². The van der Waals surface area contributed by atoms with E-state index >= 15 is 0 Å². The largest absolute Gasteiger partial charge is 0.492 e. The van der Waals surface area contributed by atoms with Crippen molar-refractivity contribution in [3.8, 4) is 5.75 Å². The van der Waals surface area contributed by atoms with E-state index in [-0.39, 0.29) is 54.0 Å². The third-order valence-electron chi connectivity index (χ3n) is 3.55. The second-order valence-corrected chi connectivity index (χ2v) is 6.48. The Balaban J connectivity index is 0.00000420. The summed E-state index contributed by atoms with van der Waals surface area (Å²) in [5, 5.41) is 12.6. The molecule has 0 atom stereocenters. The fourth-order valence-corrected chi connectivity index (χ4v) is 2.89. The van der Waals surface area contributed by atoms with Crippen LogP contribution in [0.4, 0.5) is 11.6 Å². The number of nitrogen functional groups attached to an aromatic ring is 2. The Labute approximate surface area is 190 Å². The summed E-state index contributed by atoms with van der Waals surface area (Å²) in [5.74, 6) is 0.665. The molecule has 0 aliphatic carbocycles. The van der Waals surface area contributed by atoms with Crippen LogP contribution in [-0.2, 0) is 11.5 Å². The number of benzene rings is 1. The number of carbonyl (C=O) groups is 1. The maximum absolute atomic E-state index is 12.1. The lowest BCUT2D eigenvalue weighted by Gasteiger charge is -2.12. The van der Waals surface area contributed by atoms with Crippen LogP contribution < -0.4 is 26.8 Å². The first-order chi connectivity index (χ1) is 13.3. The van der Waals surface area contributed by atoms with Crippen LogP contribution in [0.1, 0.15) is 21.6 Å². The van der Waals surface area contributed by atoms with Crippen molar-refractivity contribution in [1.29, 1.82) is 5.41 Å². The Morgan fingerprint density at radius 3 is 2.52 bits per heavy atom. The van der Waals surface area contributed by atoms with Crippen molar-refractivity contribution in [2.45, 2.75) is 11.5 Å². The number of aromatic nitrogens is 2. The lowest BCUT2D eigenvalue weighted by molar-refractivity contribution is 0.0971. The summed E-state index contributed by atoms with van der Waals surface area (Å²) < 4.78 is 5.63. The molecule has 0 aliphatic rings. The van der Waals surface area contributed by atoms with Gasteiger partial charge in [0.25, 0.3) is 5.91 Å². The van der Waals surface area contributed by atoms with Crippen molar-refractivity contribution in [3.63, 3.8) is 0 Å². The van der Waals surface area contributed by atoms with E-state index < -0.39 is 5.91 Å². The van der Waals surface area contributed by atoms with Crippen LogP contribution in [0, 0.1) is 5.41 Å². The third-order valence-corrected chi connectivity index (χ3v) is 4.51. The molecular formula is C16H21Cl2N7O2S2. The zero-order chi connectivity index (χ0) is 20.7. The van der Waals surface area contributed by atoms with E-state index in [2.05, 4.69) is 45.9 Å². The van der Waals surface area contributed by atoms with Crippen LogP contribution in [-0.4, -0.2) is 35.0 Å². The van der Waals surface area contributed by atoms with E-state index in [1.54, 1.807) is 0 Å². The summed E-state index contributed by atoms with van der Waals surface area (Å²) in [4.78, 5) is 19.6. The highest BCUT2D eigenvalue weighted by molar-refractivity contribution is 7.79. The number of carbonyl (C=O) groups excluding carboxylic acids is 1. The van der Waals surface area contributed by atoms with Crippen molar-refractivity contribution in [2.75, 3.05) is 24.6 Å². The molecule has 7 N–H and O–H groups in total. The number of amides is 1. The topological polar surface area (TPSA) is 152 Å². The number of rotatable bonds is 7. The number of hydrogen-bond donors (Lipinski definition) is 7. The number of thiol groups is 2. The molecular weight excluding hydrogens is 457 g/mol. The molecule has 29 heavy (non-hydrogen) atoms. The van der Waals surface area contributed by atoms with Crippen LogP contribution in [0.2, 0.25) is 5.15 Å². The fraction of sp³-hybridized carbons (Fsp3) is 0.250. The molecule has 0 aliphatic heterocycles. The highest BCUT2D eigenvalue weighted by Crippen LogP contribution is 2.21. The molecule has 13 heteroatoms. The predicted molar refractivity (Wildman–Crippen MR) is 124 cm³/mol. The Kier molecular flexibility index (Phi) is 10.2. The quantitative estimate of drug-likeness (QED) is 0.139. The standard InChI is InChI=1S/C16H20ClN7O2S2.ClH/c17-12-14(19)23-13(18)11(22-12)15(25)24-16(20)21-3-4-26-10-2-1-8(6-27)9(5-10)7-28;/h1-2,5,27-28H,3-4,6-7H2,(H4,18,19,23)(H3,20,21,24,25);1H. The molecule has 0 bridgehead atoms. The lowest BCUT2D eigenvalue weighted by Crippen LogP contribution is -2.42. The summed E-state index contributed by atoms with van der Waals surface area (Å²) in [6.07, 6.45) is 0. The van der Waals surface area contributed by atoms with E-state index in [9.17, 15) is 4.79 Å². The van der Waals surface area contributed by atoms with Gasteiger partial charge in [-0.3, -0.25) is 15.5 Å². The third kappa shape index (κ3) is 7.03. The number of nitrogens with zero attached hydrogens (tertiary/aromatic N) is 2. The van der Waals surface area contributed by atoms with Gasteiger partial charge in [-0.25, -0.2) is 9.97 Å². The average molecular weight is 478 g/mol. The molecule has 1 aromatic heterocycles. The minimum absolute atomic E-state index is 0. The Bertz CT molecular complexity index is 887. The van der Waals surface area contributed by atoms with Crippen molar-refractivity contribution >= 4 is 72.8 Å². The molecule has 1 heterocycles. The second-order valence-electron chi connectivity index (χ2n) is 5.48. The zero-order valence-corrected chi connectivity index (χ0v) is 18.5. The molecule has 0 saturated heterocycles. The van der Waals surface area contributed by atoms with E-state index in [0.29, 0.717) is 17.3 Å². The summed E-state index contributed by atoms with van der Waals surface area (Å²) in [5.41, 5.74) is 13.0. The van der Waals surface area contributed by atoms with E-state index in [4.69, 9.17) is 33.2 Å². The fourth-order valence-electron chi connectivity index (χ4n) is 2.16. The average Bonchev–Trinajstić information content (AvgIpc) is 2.67. The van der Waals surface area contributed by atoms with Gasteiger partial charge in [0, 0.05) is 11.5 Å². The number of nitrogens with two attached hydrogens (primary N) is 2.